The van der Waals surface area contributed by atoms with Crippen LogP contribution in [0, 0.1) is 26.6 Å². The lowest BCUT2D eigenvalue weighted by Gasteiger charge is -2.17. The summed E-state index contributed by atoms with van der Waals surface area (Å²) in [6.07, 6.45) is 2.82. The number of fused-ring (bicyclic) bond motifs is 1. The number of para-hydroxylation sites is 2. The molecule has 0 aliphatic rings. The van der Waals surface area contributed by atoms with E-state index in [2.05, 4.69) is 15.3 Å². The van der Waals surface area contributed by atoms with Crippen molar-refractivity contribution < 1.29 is 14.3 Å². The van der Waals surface area contributed by atoms with Crippen LogP contribution < -0.4 is 5.32 Å². The van der Waals surface area contributed by atoms with E-state index in [9.17, 15) is 9.90 Å². The zero-order valence-corrected chi connectivity index (χ0v) is 19.4. The van der Waals surface area contributed by atoms with E-state index in [1.807, 2.05) is 51.1 Å². The summed E-state index contributed by atoms with van der Waals surface area (Å²) in [6, 6.07) is 16.0. The Morgan fingerprint density at radius 1 is 1.03 bits per heavy atom. The van der Waals surface area contributed by atoms with Crippen LogP contribution in [-0.4, -0.2) is 30.8 Å². The lowest BCUT2D eigenvalue weighted by molar-refractivity contribution is 0.0698. The first kappa shape index (κ1) is 22.2. The van der Waals surface area contributed by atoms with Crippen molar-refractivity contribution in [3.63, 3.8) is 0 Å². The van der Waals surface area contributed by atoms with Crippen molar-refractivity contribution in [3.8, 4) is 16.8 Å². The van der Waals surface area contributed by atoms with Gasteiger partial charge in [-0.2, -0.15) is 5.10 Å². The van der Waals surface area contributed by atoms with Crippen molar-refractivity contribution in [2.45, 2.75) is 20.8 Å². The van der Waals surface area contributed by atoms with Gasteiger partial charge in [-0.1, -0.05) is 30.3 Å². The van der Waals surface area contributed by atoms with Crippen LogP contribution in [0.5, 0.6) is 0 Å². The van der Waals surface area contributed by atoms with Crippen molar-refractivity contribution in [1.29, 1.82) is 0 Å². The Labute approximate surface area is 200 Å². The average Bonchev–Trinajstić information content (AvgIpc) is 3.16. The minimum absolute atomic E-state index is 0.128. The fraction of sp³-hybridized carbons (Fsp3) is 0.111. The van der Waals surface area contributed by atoms with E-state index in [0.717, 1.165) is 16.8 Å². The summed E-state index contributed by atoms with van der Waals surface area (Å²) in [5.74, 6) is -0.972. The summed E-state index contributed by atoms with van der Waals surface area (Å²) in [5.41, 5.74) is 5.45. The Hall–Kier alpha value is -4.59. The zero-order valence-electron chi connectivity index (χ0n) is 19.4. The second-order valence-electron chi connectivity index (χ2n) is 8.35. The van der Waals surface area contributed by atoms with Crippen molar-refractivity contribution in [1.82, 2.24) is 19.7 Å². The number of halogens is 1. The number of anilines is 2. The fourth-order valence-corrected chi connectivity index (χ4v) is 4.28. The van der Waals surface area contributed by atoms with Gasteiger partial charge in [0, 0.05) is 11.8 Å². The monoisotopic (exact) mass is 467 g/mol. The number of nitrogens with zero attached hydrogens (tertiary/aromatic N) is 4. The Morgan fingerprint density at radius 2 is 1.80 bits per heavy atom. The van der Waals surface area contributed by atoms with E-state index in [-0.39, 0.29) is 5.56 Å². The number of nitrogens with one attached hydrogen (secondary N) is 1. The van der Waals surface area contributed by atoms with Gasteiger partial charge in [0.05, 0.1) is 33.5 Å². The molecule has 2 heterocycles. The predicted octanol–water partition coefficient (Wildman–Crippen LogP) is 5.99. The predicted molar refractivity (Wildman–Crippen MR) is 133 cm³/mol. The first-order valence-corrected chi connectivity index (χ1v) is 11.0. The number of carbonyl (C=O) groups is 1. The largest absolute Gasteiger partial charge is 0.478 e. The van der Waals surface area contributed by atoms with E-state index in [0.29, 0.717) is 39.2 Å². The first-order chi connectivity index (χ1) is 16.8. The van der Waals surface area contributed by atoms with Crippen LogP contribution in [0.1, 0.15) is 27.2 Å². The minimum atomic E-state index is -1.05. The second kappa shape index (κ2) is 8.64. The summed E-state index contributed by atoms with van der Waals surface area (Å²) in [5, 5.41) is 18.3. The third-order valence-corrected chi connectivity index (χ3v) is 6.01. The SMILES string of the molecule is Cc1ccccc1-n1nc(C)c(-c2cc(F)c3cncnc3c2)c1Nc1c(C)cccc1C(=O)O. The molecule has 0 spiro atoms. The number of aryl methyl sites for hydroxylation is 3. The molecule has 174 valence electrons. The van der Waals surface area contributed by atoms with E-state index in [1.54, 1.807) is 22.9 Å². The highest BCUT2D eigenvalue weighted by molar-refractivity contribution is 5.97. The highest BCUT2D eigenvalue weighted by atomic mass is 19.1. The highest BCUT2D eigenvalue weighted by Crippen LogP contribution is 2.38. The molecule has 35 heavy (non-hydrogen) atoms. The van der Waals surface area contributed by atoms with Gasteiger partial charge in [0.25, 0.3) is 0 Å². The summed E-state index contributed by atoms with van der Waals surface area (Å²) >= 11 is 0. The molecule has 0 saturated heterocycles. The number of aromatic carboxylic acids is 1. The molecule has 5 rings (SSSR count). The van der Waals surface area contributed by atoms with Crippen LogP contribution >= 0.6 is 0 Å². The number of carboxylic acids is 1. The molecule has 7 nitrogen and oxygen atoms in total. The van der Waals surface area contributed by atoms with Crippen LogP contribution in [0.25, 0.3) is 27.7 Å². The normalized spacial score (nSPS) is 11.1. The minimum Gasteiger partial charge on any atom is -0.478 e. The Bertz CT molecular complexity index is 1610. The first-order valence-electron chi connectivity index (χ1n) is 11.0. The van der Waals surface area contributed by atoms with Crippen LogP contribution in [0.3, 0.4) is 0 Å². The third kappa shape index (κ3) is 3.89. The molecule has 0 aliphatic carbocycles. The van der Waals surface area contributed by atoms with Gasteiger partial charge in [-0.25, -0.2) is 23.8 Å². The second-order valence-corrected chi connectivity index (χ2v) is 8.35. The zero-order chi connectivity index (χ0) is 24.7. The molecule has 0 saturated carbocycles. The van der Waals surface area contributed by atoms with Crippen molar-refractivity contribution in [2.24, 2.45) is 0 Å². The van der Waals surface area contributed by atoms with Gasteiger partial charge in [-0.3, -0.25) is 0 Å². The number of carboxylic acid groups (broad SMARTS) is 1. The van der Waals surface area contributed by atoms with Gasteiger partial charge < -0.3 is 10.4 Å². The molecule has 0 radical (unpaired) electrons. The van der Waals surface area contributed by atoms with E-state index in [1.165, 1.54) is 18.6 Å². The smallest absolute Gasteiger partial charge is 0.337 e. The maximum absolute atomic E-state index is 15.0. The molecule has 0 amide bonds. The lowest BCUT2D eigenvalue weighted by atomic mass is 10.0. The molecule has 0 atom stereocenters. The molecule has 0 fully saturated rings. The summed E-state index contributed by atoms with van der Waals surface area (Å²) in [4.78, 5) is 20.1. The van der Waals surface area contributed by atoms with Gasteiger partial charge >= 0.3 is 5.97 Å². The van der Waals surface area contributed by atoms with E-state index in [4.69, 9.17) is 5.10 Å². The van der Waals surface area contributed by atoms with Crippen LogP contribution in [0.4, 0.5) is 15.9 Å². The van der Waals surface area contributed by atoms with Crippen molar-refractivity contribution >= 4 is 28.4 Å². The molecular weight excluding hydrogens is 445 g/mol. The quantitative estimate of drug-likeness (QED) is 0.330. The van der Waals surface area contributed by atoms with Crippen molar-refractivity contribution in [2.75, 3.05) is 5.32 Å². The third-order valence-electron chi connectivity index (χ3n) is 6.01. The average molecular weight is 468 g/mol. The standard InChI is InChI=1S/C27H22FN5O2/c1-15-7-4-5-10-23(15)33-26(31-25-16(2)8-6-9-19(25)27(34)35)24(17(3)32-33)18-11-21(28)20-13-29-14-30-22(20)12-18/h4-14,31H,1-3H3,(H,34,35). The van der Waals surface area contributed by atoms with Gasteiger partial charge in [0.15, 0.2) is 0 Å². The molecule has 5 aromatic rings. The fourth-order valence-electron chi connectivity index (χ4n) is 4.28. The Balaban J connectivity index is 1.80. The number of hydrogen-bond donors (Lipinski definition) is 2. The van der Waals surface area contributed by atoms with E-state index < -0.39 is 11.8 Å². The van der Waals surface area contributed by atoms with E-state index >= 15 is 4.39 Å². The van der Waals surface area contributed by atoms with Gasteiger partial charge in [0.2, 0.25) is 0 Å². The Kier molecular flexibility index (Phi) is 5.49. The van der Waals surface area contributed by atoms with Crippen LogP contribution in [0.15, 0.2) is 67.1 Å². The summed E-state index contributed by atoms with van der Waals surface area (Å²) in [7, 11) is 0. The molecule has 3 aromatic carbocycles. The summed E-state index contributed by atoms with van der Waals surface area (Å²) < 4.78 is 16.8. The van der Waals surface area contributed by atoms with Gasteiger partial charge in [0.1, 0.15) is 18.0 Å². The molecule has 0 unspecified atom stereocenters. The van der Waals surface area contributed by atoms with Gasteiger partial charge in [-0.05, 0) is 61.7 Å². The maximum atomic E-state index is 15.0. The maximum Gasteiger partial charge on any atom is 0.337 e. The number of hydrogen-bond acceptors (Lipinski definition) is 5. The van der Waals surface area contributed by atoms with Crippen molar-refractivity contribution in [3.05, 3.63) is 95.3 Å². The number of benzene rings is 3. The molecule has 0 aliphatic heterocycles. The number of aromatic nitrogens is 4. The molecule has 0 bridgehead atoms. The number of rotatable bonds is 5. The van der Waals surface area contributed by atoms with Crippen LogP contribution in [0.2, 0.25) is 0 Å². The lowest BCUT2D eigenvalue weighted by Crippen LogP contribution is -2.09. The van der Waals surface area contributed by atoms with Gasteiger partial charge in [-0.15, -0.1) is 0 Å². The molecule has 2 N–H and O–H groups in total. The molecule has 2 aromatic heterocycles. The molecule has 8 heteroatoms. The van der Waals surface area contributed by atoms with Crippen LogP contribution in [-0.2, 0) is 0 Å². The topological polar surface area (TPSA) is 92.9 Å². The molecular formula is C27H22FN5O2. The highest BCUT2D eigenvalue weighted by Gasteiger charge is 2.23. The Morgan fingerprint density at radius 3 is 2.57 bits per heavy atom. The summed E-state index contributed by atoms with van der Waals surface area (Å²) in [6.45, 7) is 5.65.